The lowest BCUT2D eigenvalue weighted by molar-refractivity contribution is 0.235. The highest BCUT2D eigenvalue weighted by molar-refractivity contribution is 6.31. The Kier molecular flexibility index (Phi) is 6.84. The lowest BCUT2D eigenvalue weighted by Crippen LogP contribution is -2.40. The zero-order valence-corrected chi connectivity index (χ0v) is 18.1. The zero-order chi connectivity index (χ0) is 21.7. The molecule has 1 heterocycles. The van der Waals surface area contributed by atoms with Crippen molar-refractivity contribution in [1.29, 1.82) is 0 Å². The molecule has 8 heteroatoms. The average molecular weight is 429 g/mol. The number of urea groups is 1. The number of amides is 2. The number of nitrogens with one attached hydrogen (secondary N) is 2. The Morgan fingerprint density at radius 3 is 2.33 bits per heavy atom. The first-order valence-electron chi connectivity index (χ1n) is 9.44. The lowest BCUT2D eigenvalue weighted by atomic mass is 10.0. The van der Waals surface area contributed by atoms with Gasteiger partial charge in [-0.2, -0.15) is 0 Å². The highest BCUT2D eigenvalue weighted by Gasteiger charge is 2.23. The number of hydrogen-bond donors (Lipinski definition) is 2. The quantitative estimate of drug-likeness (QED) is 0.590. The fraction of sp³-hybridized carbons (Fsp3) is 0.273. The summed E-state index contributed by atoms with van der Waals surface area (Å²) in [5, 5.41) is 6.55. The van der Waals surface area contributed by atoms with Crippen molar-refractivity contribution >= 4 is 17.6 Å². The summed E-state index contributed by atoms with van der Waals surface area (Å²) in [6, 6.07) is 11.7. The highest BCUT2D eigenvalue weighted by Crippen LogP contribution is 2.29. The summed E-state index contributed by atoms with van der Waals surface area (Å²) in [6.07, 6.45) is 3.51. The summed E-state index contributed by atoms with van der Waals surface area (Å²) in [4.78, 5) is 17.3. The average Bonchev–Trinajstić information content (AvgIpc) is 3.17. The van der Waals surface area contributed by atoms with Crippen molar-refractivity contribution < 1.29 is 14.3 Å². The van der Waals surface area contributed by atoms with Crippen molar-refractivity contribution in [1.82, 2.24) is 20.2 Å². The van der Waals surface area contributed by atoms with E-state index in [1.807, 2.05) is 55.1 Å². The SMILES string of the molecule is COc1cc(OC)cc(C(NC(=O)NC(C)c2ccccc2Cl)c2nccn2C)c1. The summed E-state index contributed by atoms with van der Waals surface area (Å²) in [5.41, 5.74) is 1.62. The van der Waals surface area contributed by atoms with Gasteiger partial charge in [0.15, 0.2) is 0 Å². The minimum absolute atomic E-state index is 0.277. The molecule has 0 radical (unpaired) electrons. The van der Waals surface area contributed by atoms with Crippen molar-refractivity contribution in [3.05, 3.63) is 76.8 Å². The van der Waals surface area contributed by atoms with Crippen LogP contribution in [0.3, 0.4) is 0 Å². The molecule has 2 aromatic carbocycles. The van der Waals surface area contributed by atoms with Crippen molar-refractivity contribution in [2.75, 3.05) is 14.2 Å². The van der Waals surface area contributed by atoms with Crippen LogP contribution >= 0.6 is 11.6 Å². The maximum atomic E-state index is 12.9. The number of carbonyl (C=O) groups is 1. The number of aromatic nitrogens is 2. The molecule has 0 spiro atoms. The van der Waals surface area contributed by atoms with Gasteiger partial charge in [-0.1, -0.05) is 29.8 Å². The van der Waals surface area contributed by atoms with Gasteiger partial charge in [-0.3, -0.25) is 0 Å². The van der Waals surface area contributed by atoms with Crippen LogP contribution in [0.25, 0.3) is 0 Å². The molecule has 2 unspecified atom stereocenters. The Morgan fingerprint density at radius 2 is 1.77 bits per heavy atom. The van der Waals surface area contributed by atoms with E-state index in [0.717, 1.165) is 11.1 Å². The maximum Gasteiger partial charge on any atom is 0.316 e. The molecule has 1 aromatic heterocycles. The van der Waals surface area contributed by atoms with Crippen LogP contribution in [-0.2, 0) is 7.05 Å². The second-order valence-electron chi connectivity index (χ2n) is 6.84. The summed E-state index contributed by atoms with van der Waals surface area (Å²) in [7, 11) is 5.04. The molecule has 0 fully saturated rings. The predicted octanol–water partition coefficient (Wildman–Crippen LogP) is 4.24. The largest absolute Gasteiger partial charge is 0.497 e. The van der Waals surface area contributed by atoms with E-state index >= 15 is 0 Å². The topological polar surface area (TPSA) is 77.4 Å². The van der Waals surface area contributed by atoms with E-state index < -0.39 is 6.04 Å². The molecule has 0 aliphatic rings. The Bertz CT molecular complexity index is 999. The third kappa shape index (κ3) is 4.86. The van der Waals surface area contributed by atoms with Gasteiger partial charge < -0.3 is 24.7 Å². The van der Waals surface area contributed by atoms with Gasteiger partial charge in [0.1, 0.15) is 23.4 Å². The van der Waals surface area contributed by atoms with Crippen LogP contribution in [-0.4, -0.2) is 29.8 Å². The molecule has 2 atom stereocenters. The number of rotatable bonds is 7. The number of imidazole rings is 1. The molecule has 0 aliphatic carbocycles. The molecule has 158 valence electrons. The molecule has 30 heavy (non-hydrogen) atoms. The molecule has 3 aromatic rings. The molecule has 7 nitrogen and oxygen atoms in total. The third-order valence-corrected chi connectivity index (χ3v) is 5.16. The third-order valence-electron chi connectivity index (χ3n) is 4.82. The number of methoxy groups -OCH3 is 2. The number of ether oxygens (including phenoxy) is 2. The van der Waals surface area contributed by atoms with Gasteiger partial charge in [-0.05, 0) is 36.2 Å². The van der Waals surface area contributed by atoms with E-state index in [2.05, 4.69) is 15.6 Å². The van der Waals surface area contributed by atoms with Crippen molar-refractivity contribution in [2.45, 2.75) is 19.0 Å². The van der Waals surface area contributed by atoms with Gasteiger partial charge in [-0.15, -0.1) is 0 Å². The first-order chi connectivity index (χ1) is 14.4. The van der Waals surface area contributed by atoms with Gasteiger partial charge in [0.2, 0.25) is 0 Å². The summed E-state index contributed by atoms with van der Waals surface area (Å²) in [6.45, 7) is 1.88. The molecular formula is C22H25ClN4O3. The van der Waals surface area contributed by atoms with Crippen molar-refractivity contribution in [3.8, 4) is 11.5 Å². The minimum atomic E-state index is -0.521. The second kappa shape index (κ2) is 9.54. The van der Waals surface area contributed by atoms with Crippen LogP contribution in [0.5, 0.6) is 11.5 Å². The van der Waals surface area contributed by atoms with Crippen molar-refractivity contribution in [3.63, 3.8) is 0 Å². The van der Waals surface area contributed by atoms with Gasteiger partial charge >= 0.3 is 6.03 Å². The van der Waals surface area contributed by atoms with Gasteiger partial charge in [0, 0.05) is 30.5 Å². The lowest BCUT2D eigenvalue weighted by Gasteiger charge is -2.22. The van der Waals surface area contributed by atoms with Crippen LogP contribution in [0.2, 0.25) is 5.02 Å². The highest BCUT2D eigenvalue weighted by atomic mass is 35.5. The molecule has 2 N–H and O–H groups in total. The van der Waals surface area contributed by atoms with Gasteiger partial charge in [0.25, 0.3) is 0 Å². The van der Waals surface area contributed by atoms with Gasteiger partial charge in [0.05, 0.1) is 20.3 Å². The van der Waals surface area contributed by atoms with E-state index in [1.54, 1.807) is 32.5 Å². The number of benzene rings is 2. The number of halogens is 1. The summed E-state index contributed by atoms with van der Waals surface area (Å²) in [5.74, 6) is 1.91. The standard InChI is InChI=1S/C22H25ClN4O3/c1-14(18-7-5-6-8-19(18)23)25-22(28)26-20(21-24-9-10-27(21)2)15-11-16(29-3)13-17(12-15)30-4/h5-14,20H,1-4H3,(H2,25,26,28). The Labute approximate surface area is 181 Å². The van der Waals surface area contributed by atoms with Crippen LogP contribution < -0.4 is 20.1 Å². The minimum Gasteiger partial charge on any atom is -0.497 e. The summed E-state index contributed by atoms with van der Waals surface area (Å²) < 4.78 is 12.6. The first kappa shape index (κ1) is 21.5. The first-order valence-corrected chi connectivity index (χ1v) is 9.82. The van der Waals surface area contributed by atoms with E-state index in [4.69, 9.17) is 21.1 Å². The van der Waals surface area contributed by atoms with E-state index in [-0.39, 0.29) is 12.1 Å². The molecule has 0 saturated heterocycles. The maximum absolute atomic E-state index is 12.9. The number of hydrogen-bond acceptors (Lipinski definition) is 4. The molecule has 0 aliphatic heterocycles. The molecular weight excluding hydrogens is 404 g/mol. The number of nitrogens with zero attached hydrogens (tertiary/aromatic N) is 2. The number of aryl methyl sites for hydroxylation is 1. The zero-order valence-electron chi connectivity index (χ0n) is 17.3. The van der Waals surface area contributed by atoms with E-state index in [0.29, 0.717) is 22.3 Å². The van der Waals surface area contributed by atoms with Crippen LogP contribution in [0, 0.1) is 0 Å². The van der Waals surface area contributed by atoms with Crippen LogP contribution in [0.4, 0.5) is 4.79 Å². The monoisotopic (exact) mass is 428 g/mol. The van der Waals surface area contributed by atoms with Crippen LogP contribution in [0.15, 0.2) is 54.9 Å². The number of carbonyl (C=O) groups excluding carboxylic acids is 1. The smallest absolute Gasteiger partial charge is 0.316 e. The van der Waals surface area contributed by atoms with E-state index in [9.17, 15) is 4.79 Å². The Balaban J connectivity index is 1.88. The van der Waals surface area contributed by atoms with Gasteiger partial charge in [-0.25, -0.2) is 9.78 Å². The molecule has 2 amide bonds. The second-order valence-corrected chi connectivity index (χ2v) is 7.24. The fourth-order valence-electron chi connectivity index (χ4n) is 3.22. The molecule has 0 saturated carbocycles. The predicted molar refractivity (Wildman–Crippen MR) is 116 cm³/mol. The van der Waals surface area contributed by atoms with E-state index in [1.165, 1.54) is 0 Å². The normalized spacial score (nSPS) is 12.7. The fourth-order valence-corrected chi connectivity index (χ4v) is 3.52. The van der Waals surface area contributed by atoms with Crippen molar-refractivity contribution in [2.24, 2.45) is 7.05 Å². The van der Waals surface area contributed by atoms with Crippen LogP contribution in [0.1, 0.15) is 36.0 Å². The summed E-state index contributed by atoms with van der Waals surface area (Å²) >= 11 is 6.26. The molecule has 3 rings (SSSR count). The molecule has 0 bridgehead atoms. The Hall–Kier alpha value is -3.19. The Morgan fingerprint density at radius 1 is 1.10 bits per heavy atom.